The van der Waals surface area contributed by atoms with Crippen molar-refractivity contribution in [2.75, 3.05) is 23.3 Å². The van der Waals surface area contributed by atoms with Gasteiger partial charge in [-0.3, -0.25) is 9.59 Å². The number of piperidine rings is 1. The van der Waals surface area contributed by atoms with Crippen LogP contribution in [0, 0.1) is 11.3 Å². The highest BCUT2D eigenvalue weighted by Crippen LogP contribution is 2.29. The van der Waals surface area contributed by atoms with Crippen LogP contribution in [0.1, 0.15) is 90.4 Å². The fourth-order valence-electron chi connectivity index (χ4n) is 4.26. The molecule has 2 rings (SSSR count). The molecule has 1 fully saturated rings. The lowest BCUT2D eigenvalue weighted by Crippen LogP contribution is -2.35. The van der Waals surface area contributed by atoms with Gasteiger partial charge >= 0.3 is 0 Å². The zero-order valence-corrected chi connectivity index (χ0v) is 19.8. The van der Waals surface area contributed by atoms with E-state index in [0.717, 1.165) is 44.5 Å². The van der Waals surface area contributed by atoms with Gasteiger partial charge in [0.1, 0.15) is 0 Å². The first-order chi connectivity index (χ1) is 14.1. The van der Waals surface area contributed by atoms with E-state index in [-0.39, 0.29) is 23.3 Å². The monoisotopic (exact) mass is 415 g/mol. The molecule has 0 bridgehead atoms. The van der Waals surface area contributed by atoms with Gasteiger partial charge in [0.15, 0.2) is 0 Å². The average molecular weight is 416 g/mol. The predicted octanol–water partition coefficient (Wildman–Crippen LogP) is 5.61. The molecule has 2 amide bonds. The molecule has 1 aromatic carbocycles. The standard InChI is InChI=1S/C25H41N3O2/c1-7-19(3)26-24(30)21-16-20(11-12-22(21)28-13-9-8-10-14-28)27-23(29)15-18(2)17-25(4,5)6/h11-12,16,18-19H,7-10,13-15,17H2,1-6H3,(H,26,30)(H,27,29)/t18-,19+/m0/s1. The maximum Gasteiger partial charge on any atom is 0.253 e. The second-order valence-corrected chi connectivity index (χ2v) is 10.2. The smallest absolute Gasteiger partial charge is 0.253 e. The number of nitrogens with zero attached hydrogens (tertiary/aromatic N) is 1. The van der Waals surface area contributed by atoms with Crippen LogP contribution in [0.15, 0.2) is 18.2 Å². The van der Waals surface area contributed by atoms with E-state index in [2.05, 4.69) is 50.2 Å². The van der Waals surface area contributed by atoms with E-state index >= 15 is 0 Å². The van der Waals surface area contributed by atoms with Gasteiger partial charge < -0.3 is 15.5 Å². The fraction of sp³-hybridized carbons (Fsp3) is 0.680. The average Bonchev–Trinajstić information content (AvgIpc) is 2.66. The number of hydrogen-bond acceptors (Lipinski definition) is 3. The fourth-order valence-corrected chi connectivity index (χ4v) is 4.26. The van der Waals surface area contributed by atoms with Crippen LogP contribution >= 0.6 is 0 Å². The third-order valence-electron chi connectivity index (χ3n) is 5.71. The summed E-state index contributed by atoms with van der Waals surface area (Å²) in [5.74, 6) is 0.249. The van der Waals surface area contributed by atoms with Gasteiger partial charge in [0.25, 0.3) is 5.91 Å². The molecule has 0 aliphatic carbocycles. The summed E-state index contributed by atoms with van der Waals surface area (Å²) in [4.78, 5) is 27.9. The number of carbonyl (C=O) groups is 2. The van der Waals surface area contributed by atoms with Crippen molar-refractivity contribution in [3.05, 3.63) is 23.8 Å². The summed E-state index contributed by atoms with van der Waals surface area (Å²) < 4.78 is 0. The first-order valence-electron chi connectivity index (χ1n) is 11.6. The van der Waals surface area contributed by atoms with E-state index < -0.39 is 0 Å². The minimum absolute atomic E-state index is 0.00533. The molecule has 5 nitrogen and oxygen atoms in total. The molecule has 1 aliphatic rings. The number of nitrogens with one attached hydrogen (secondary N) is 2. The Kier molecular flexibility index (Phi) is 8.75. The van der Waals surface area contributed by atoms with E-state index in [1.165, 1.54) is 6.42 Å². The van der Waals surface area contributed by atoms with Gasteiger partial charge in [-0.2, -0.15) is 0 Å². The Hall–Kier alpha value is -2.04. The van der Waals surface area contributed by atoms with Crippen LogP contribution in [0.25, 0.3) is 0 Å². The van der Waals surface area contributed by atoms with E-state index in [9.17, 15) is 9.59 Å². The van der Waals surface area contributed by atoms with Crippen molar-refractivity contribution in [3.8, 4) is 0 Å². The molecule has 1 aromatic rings. The largest absolute Gasteiger partial charge is 0.371 e. The van der Waals surface area contributed by atoms with Crippen LogP contribution in [0.2, 0.25) is 0 Å². The zero-order valence-electron chi connectivity index (χ0n) is 19.8. The molecule has 0 spiro atoms. The quantitative estimate of drug-likeness (QED) is 0.580. The first-order valence-corrected chi connectivity index (χ1v) is 11.6. The SMILES string of the molecule is CC[C@@H](C)NC(=O)c1cc(NC(=O)C[C@H](C)CC(C)(C)C)ccc1N1CCCCC1. The third-order valence-corrected chi connectivity index (χ3v) is 5.71. The summed E-state index contributed by atoms with van der Waals surface area (Å²) in [5.41, 5.74) is 2.52. The van der Waals surface area contributed by atoms with E-state index in [1.54, 1.807) is 0 Å². The third kappa shape index (κ3) is 7.66. The molecule has 168 valence electrons. The van der Waals surface area contributed by atoms with Gasteiger partial charge in [0, 0.05) is 36.9 Å². The van der Waals surface area contributed by atoms with Crippen LogP contribution in [-0.2, 0) is 4.79 Å². The molecule has 30 heavy (non-hydrogen) atoms. The number of anilines is 2. The van der Waals surface area contributed by atoms with E-state index in [1.807, 2.05) is 25.1 Å². The Morgan fingerprint density at radius 2 is 1.77 bits per heavy atom. The highest BCUT2D eigenvalue weighted by molar-refractivity contribution is 6.02. The Bertz CT molecular complexity index is 718. The lowest BCUT2D eigenvalue weighted by atomic mass is 9.84. The maximum absolute atomic E-state index is 13.0. The molecule has 2 N–H and O–H groups in total. The van der Waals surface area contributed by atoms with Crippen LogP contribution in [0.5, 0.6) is 0 Å². The second kappa shape index (κ2) is 10.8. The summed E-state index contributed by atoms with van der Waals surface area (Å²) >= 11 is 0. The van der Waals surface area contributed by atoms with Crippen LogP contribution in [0.3, 0.4) is 0 Å². The Morgan fingerprint density at radius 3 is 2.37 bits per heavy atom. The van der Waals surface area contributed by atoms with Gasteiger partial charge in [0.05, 0.1) is 5.56 Å². The van der Waals surface area contributed by atoms with Crippen molar-refractivity contribution in [1.29, 1.82) is 0 Å². The number of benzene rings is 1. The summed E-state index contributed by atoms with van der Waals surface area (Å²) in [6.45, 7) is 14.7. The van der Waals surface area contributed by atoms with Crippen molar-refractivity contribution < 1.29 is 9.59 Å². The van der Waals surface area contributed by atoms with Crippen molar-refractivity contribution in [2.45, 2.75) is 86.1 Å². The summed E-state index contributed by atoms with van der Waals surface area (Å²) in [7, 11) is 0. The van der Waals surface area contributed by atoms with Crippen molar-refractivity contribution in [3.63, 3.8) is 0 Å². The summed E-state index contributed by atoms with van der Waals surface area (Å²) in [5, 5.41) is 6.10. The Balaban J connectivity index is 2.17. The molecule has 2 atom stereocenters. The normalized spacial score (nSPS) is 16.7. The minimum Gasteiger partial charge on any atom is -0.371 e. The molecule has 5 heteroatoms. The van der Waals surface area contributed by atoms with Crippen LogP contribution < -0.4 is 15.5 Å². The molecule has 1 heterocycles. The topological polar surface area (TPSA) is 61.4 Å². The van der Waals surface area contributed by atoms with Crippen molar-refractivity contribution in [1.82, 2.24) is 5.32 Å². The minimum atomic E-state index is -0.0675. The molecule has 1 aliphatic heterocycles. The lowest BCUT2D eigenvalue weighted by molar-refractivity contribution is -0.117. The molecule has 0 saturated carbocycles. The molecule has 0 aromatic heterocycles. The Labute approximate surface area is 183 Å². The van der Waals surface area contributed by atoms with Crippen molar-refractivity contribution in [2.24, 2.45) is 11.3 Å². The first kappa shape index (κ1) is 24.2. The van der Waals surface area contributed by atoms with Gasteiger partial charge in [0.2, 0.25) is 5.91 Å². The zero-order chi connectivity index (χ0) is 22.3. The highest BCUT2D eigenvalue weighted by atomic mass is 16.2. The van der Waals surface area contributed by atoms with E-state index in [4.69, 9.17) is 0 Å². The van der Waals surface area contributed by atoms with Crippen molar-refractivity contribution >= 4 is 23.2 Å². The van der Waals surface area contributed by atoms with Gasteiger partial charge in [-0.05, 0) is 68.6 Å². The highest BCUT2D eigenvalue weighted by Gasteiger charge is 2.21. The van der Waals surface area contributed by atoms with Gasteiger partial charge in [-0.1, -0.05) is 34.6 Å². The number of rotatable bonds is 8. The van der Waals surface area contributed by atoms with Crippen LogP contribution in [-0.4, -0.2) is 30.9 Å². The predicted molar refractivity (Wildman–Crippen MR) is 126 cm³/mol. The summed E-state index contributed by atoms with van der Waals surface area (Å²) in [6.07, 6.45) is 5.91. The number of hydrogen-bond donors (Lipinski definition) is 2. The molecular formula is C25H41N3O2. The molecular weight excluding hydrogens is 374 g/mol. The molecule has 0 radical (unpaired) electrons. The molecule has 1 saturated heterocycles. The number of carbonyl (C=O) groups excluding carboxylic acids is 2. The lowest BCUT2D eigenvalue weighted by Gasteiger charge is -2.31. The summed E-state index contributed by atoms with van der Waals surface area (Å²) in [6, 6.07) is 5.87. The number of amides is 2. The van der Waals surface area contributed by atoms with E-state index in [0.29, 0.717) is 23.6 Å². The maximum atomic E-state index is 13.0. The Morgan fingerprint density at radius 1 is 1.10 bits per heavy atom. The van der Waals surface area contributed by atoms with Crippen LogP contribution in [0.4, 0.5) is 11.4 Å². The second-order valence-electron chi connectivity index (χ2n) is 10.2. The molecule has 0 unspecified atom stereocenters. The van der Waals surface area contributed by atoms with Gasteiger partial charge in [-0.25, -0.2) is 0 Å². The van der Waals surface area contributed by atoms with Gasteiger partial charge in [-0.15, -0.1) is 0 Å².